The summed E-state index contributed by atoms with van der Waals surface area (Å²) < 4.78 is 0.560. The molecule has 0 fully saturated rings. The van der Waals surface area contributed by atoms with Gasteiger partial charge in [0.1, 0.15) is 10.3 Å². The van der Waals surface area contributed by atoms with Crippen molar-refractivity contribution in [3.05, 3.63) is 64.4 Å². The molecule has 104 valence electrons. The second-order valence-electron chi connectivity index (χ2n) is 5.03. The lowest BCUT2D eigenvalue weighted by atomic mass is 10.1. The Morgan fingerprint density at radius 1 is 1.05 bits per heavy atom. The number of nitrogens with one attached hydrogen (secondary N) is 1. The summed E-state index contributed by atoms with van der Waals surface area (Å²) >= 11 is 5.30. The number of aryl methyl sites for hydroxylation is 2. The minimum Gasteiger partial charge on any atom is -0.338 e. The maximum atomic E-state index is 5.30. The van der Waals surface area contributed by atoms with E-state index in [2.05, 4.69) is 21.0 Å². The standard InChI is InChI=1S/C17H15N3S/c1-11-8-12(2)16(18-10-11)17-19-14(9-15(21)20-17)13-6-4-3-5-7-13/h3-10H,1-2H3,(H,19,20,21). The molecule has 0 spiro atoms. The van der Waals surface area contributed by atoms with Crippen molar-refractivity contribution < 1.29 is 0 Å². The molecule has 3 rings (SSSR count). The topological polar surface area (TPSA) is 41.6 Å². The van der Waals surface area contributed by atoms with Gasteiger partial charge in [0.2, 0.25) is 0 Å². The first-order valence-corrected chi connectivity index (χ1v) is 7.15. The first-order chi connectivity index (χ1) is 10.1. The predicted molar refractivity (Wildman–Crippen MR) is 87.6 cm³/mol. The highest BCUT2D eigenvalue weighted by Crippen LogP contribution is 2.22. The van der Waals surface area contributed by atoms with E-state index in [0.717, 1.165) is 28.1 Å². The zero-order valence-corrected chi connectivity index (χ0v) is 12.7. The van der Waals surface area contributed by atoms with Gasteiger partial charge in [-0.25, -0.2) is 4.98 Å². The molecular formula is C17H15N3S. The summed E-state index contributed by atoms with van der Waals surface area (Å²) in [5.41, 5.74) is 5.08. The van der Waals surface area contributed by atoms with Gasteiger partial charge >= 0.3 is 0 Å². The Bertz CT molecular complexity index is 838. The molecule has 4 heteroatoms. The summed E-state index contributed by atoms with van der Waals surface area (Å²) in [5.74, 6) is 0.707. The van der Waals surface area contributed by atoms with E-state index < -0.39 is 0 Å². The van der Waals surface area contributed by atoms with Gasteiger partial charge in [-0.2, -0.15) is 0 Å². The van der Waals surface area contributed by atoms with E-state index in [9.17, 15) is 0 Å². The van der Waals surface area contributed by atoms with Gasteiger partial charge in [-0.15, -0.1) is 0 Å². The zero-order chi connectivity index (χ0) is 14.8. The van der Waals surface area contributed by atoms with Crippen molar-refractivity contribution in [2.45, 2.75) is 13.8 Å². The lowest BCUT2D eigenvalue weighted by Crippen LogP contribution is -1.97. The van der Waals surface area contributed by atoms with Crippen molar-refractivity contribution in [1.82, 2.24) is 15.0 Å². The highest BCUT2D eigenvalue weighted by molar-refractivity contribution is 7.71. The SMILES string of the molecule is Cc1cnc(-c2nc(=S)cc(-c3ccccc3)[nH]2)c(C)c1. The van der Waals surface area contributed by atoms with E-state index in [-0.39, 0.29) is 0 Å². The molecule has 2 aromatic heterocycles. The Morgan fingerprint density at radius 3 is 2.52 bits per heavy atom. The van der Waals surface area contributed by atoms with E-state index in [1.54, 1.807) is 0 Å². The Balaban J connectivity index is 2.16. The third-order valence-electron chi connectivity index (χ3n) is 3.27. The molecule has 3 aromatic rings. The van der Waals surface area contributed by atoms with Crippen LogP contribution in [-0.4, -0.2) is 15.0 Å². The average molecular weight is 293 g/mol. The van der Waals surface area contributed by atoms with E-state index in [4.69, 9.17) is 12.2 Å². The maximum absolute atomic E-state index is 5.30. The second-order valence-corrected chi connectivity index (χ2v) is 5.44. The fourth-order valence-corrected chi connectivity index (χ4v) is 2.52. The molecule has 0 unspecified atom stereocenters. The lowest BCUT2D eigenvalue weighted by Gasteiger charge is -2.08. The lowest BCUT2D eigenvalue weighted by molar-refractivity contribution is 1.11. The number of hydrogen-bond donors (Lipinski definition) is 1. The van der Waals surface area contributed by atoms with Crippen LogP contribution >= 0.6 is 12.2 Å². The highest BCUT2D eigenvalue weighted by atomic mass is 32.1. The van der Waals surface area contributed by atoms with Gasteiger partial charge < -0.3 is 4.98 Å². The molecule has 0 atom stereocenters. The van der Waals surface area contributed by atoms with Crippen LogP contribution in [0.15, 0.2) is 48.7 Å². The molecule has 0 amide bonds. The number of pyridine rings is 1. The minimum absolute atomic E-state index is 0.560. The molecule has 0 saturated carbocycles. The summed E-state index contributed by atoms with van der Waals surface area (Å²) in [7, 11) is 0. The molecule has 0 radical (unpaired) electrons. The van der Waals surface area contributed by atoms with E-state index >= 15 is 0 Å². The molecule has 0 aliphatic carbocycles. The smallest absolute Gasteiger partial charge is 0.158 e. The second kappa shape index (κ2) is 5.58. The molecule has 1 aromatic carbocycles. The first-order valence-electron chi connectivity index (χ1n) is 6.74. The molecule has 21 heavy (non-hydrogen) atoms. The Morgan fingerprint density at radius 2 is 1.81 bits per heavy atom. The van der Waals surface area contributed by atoms with Crippen LogP contribution in [-0.2, 0) is 0 Å². The first kappa shape index (κ1) is 13.6. The molecule has 2 heterocycles. The van der Waals surface area contributed by atoms with Gasteiger partial charge in [-0.1, -0.05) is 48.6 Å². The summed E-state index contributed by atoms with van der Waals surface area (Å²) in [5, 5.41) is 0. The van der Waals surface area contributed by atoms with Crippen molar-refractivity contribution in [3.8, 4) is 22.8 Å². The van der Waals surface area contributed by atoms with Crippen LogP contribution in [0.5, 0.6) is 0 Å². The van der Waals surface area contributed by atoms with E-state index in [1.807, 2.05) is 56.4 Å². The van der Waals surface area contributed by atoms with Gasteiger partial charge in [0, 0.05) is 11.9 Å². The average Bonchev–Trinajstić information content (AvgIpc) is 2.47. The number of nitrogens with zero attached hydrogens (tertiary/aromatic N) is 2. The molecule has 0 aliphatic heterocycles. The normalized spacial score (nSPS) is 10.6. The van der Waals surface area contributed by atoms with Crippen molar-refractivity contribution in [2.24, 2.45) is 0 Å². The molecular weight excluding hydrogens is 278 g/mol. The van der Waals surface area contributed by atoms with Gasteiger partial charge in [0.15, 0.2) is 5.82 Å². The number of hydrogen-bond acceptors (Lipinski definition) is 3. The highest BCUT2D eigenvalue weighted by Gasteiger charge is 2.08. The van der Waals surface area contributed by atoms with Crippen LogP contribution in [0.4, 0.5) is 0 Å². The third kappa shape index (κ3) is 2.90. The van der Waals surface area contributed by atoms with Crippen molar-refractivity contribution in [3.63, 3.8) is 0 Å². The van der Waals surface area contributed by atoms with E-state index in [1.165, 1.54) is 0 Å². The fourth-order valence-electron chi connectivity index (χ4n) is 2.31. The quantitative estimate of drug-likeness (QED) is 0.708. The predicted octanol–water partition coefficient (Wildman–Crippen LogP) is 4.49. The van der Waals surface area contributed by atoms with Crippen LogP contribution in [0.25, 0.3) is 22.8 Å². The van der Waals surface area contributed by atoms with Crippen LogP contribution in [0.1, 0.15) is 11.1 Å². The Hall–Kier alpha value is -2.33. The van der Waals surface area contributed by atoms with Crippen molar-refractivity contribution in [2.75, 3.05) is 0 Å². The number of H-pyrrole nitrogens is 1. The van der Waals surface area contributed by atoms with Crippen LogP contribution in [0.2, 0.25) is 0 Å². The van der Waals surface area contributed by atoms with Gasteiger partial charge in [-0.05, 0) is 36.6 Å². The number of aromatic amines is 1. The summed E-state index contributed by atoms with van der Waals surface area (Å²) in [6.45, 7) is 4.06. The summed E-state index contributed by atoms with van der Waals surface area (Å²) in [4.78, 5) is 12.2. The van der Waals surface area contributed by atoms with E-state index in [0.29, 0.717) is 10.5 Å². The molecule has 0 aliphatic rings. The molecule has 1 N–H and O–H groups in total. The van der Waals surface area contributed by atoms with Crippen LogP contribution < -0.4 is 0 Å². The van der Waals surface area contributed by atoms with Gasteiger partial charge in [-0.3, -0.25) is 4.98 Å². The Labute approximate surface area is 128 Å². The van der Waals surface area contributed by atoms with Gasteiger partial charge in [0.25, 0.3) is 0 Å². The number of rotatable bonds is 2. The fraction of sp³-hybridized carbons (Fsp3) is 0.118. The monoisotopic (exact) mass is 293 g/mol. The Kier molecular flexibility index (Phi) is 3.62. The summed E-state index contributed by atoms with van der Waals surface area (Å²) in [6.07, 6.45) is 1.84. The molecule has 0 bridgehead atoms. The van der Waals surface area contributed by atoms with Crippen molar-refractivity contribution in [1.29, 1.82) is 0 Å². The number of aromatic nitrogens is 3. The molecule has 3 nitrogen and oxygen atoms in total. The third-order valence-corrected chi connectivity index (χ3v) is 3.48. The maximum Gasteiger partial charge on any atom is 0.158 e. The largest absolute Gasteiger partial charge is 0.338 e. The minimum atomic E-state index is 0.560. The number of benzene rings is 1. The molecule has 0 saturated heterocycles. The van der Waals surface area contributed by atoms with Gasteiger partial charge in [0.05, 0.1) is 0 Å². The zero-order valence-electron chi connectivity index (χ0n) is 11.9. The van der Waals surface area contributed by atoms with Crippen LogP contribution in [0, 0.1) is 18.5 Å². The van der Waals surface area contributed by atoms with Crippen LogP contribution in [0.3, 0.4) is 0 Å². The van der Waals surface area contributed by atoms with Crippen molar-refractivity contribution >= 4 is 12.2 Å². The summed E-state index contributed by atoms with van der Waals surface area (Å²) in [6, 6.07) is 14.0.